The molecule has 0 saturated heterocycles. The minimum absolute atomic E-state index is 0.232. The van der Waals surface area contributed by atoms with Crippen molar-refractivity contribution in [2.24, 2.45) is 5.73 Å². The van der Waals surface area contributed by atoms with Gasteiger partial charge in [-0.3, -0.25) is 4.79 Å². The fourth-order valence-electron chi connectivity index (χ4n) is 2.08. The van der Waals surface area contributed by atoms with Crippen LogP contribution in [-0.2, 0) is 4.79 Å². The minimum atomic E-state index is -0.543. The van der Waals surface area contributed by atoms with Gasteiger partial charge >= 0.3 is 0 Å². The van der Waals surface area contributed by atoms with Crippen molar-refractivity contribution in [1.29, 1.82) is 0 Å². The summed E-state index contributed by atoms with van der Waals surface area (Å²) in [5.74, 6) is 0.781. The Bertz CT molecular complexity index is 419. The zero-order valence-corrected chi connectivity index (χ0v) is 12.2. The molecule has 19 heavy (non-hydrogen) atoms. The first-order valence-corrected chi connectivity index (χ1v) is 7.84. The molecule has 2 rings (SSSR count). The molecule has 104 valence electrons. The smallest absolute Gasteiger partial charge is 0.237 e. The molecule has 4 heteroatoms. The zero-order chi connectivity index (χ0) is 13.7. The van der Waals surface area contributed by atoms with E-state index in [1.807, 2.05) is 36.9 Å². The van der Waals surface area contributed by atoms with E-state index < -0.39 is 5.54 Å². The van der Waals surface area contributed by atoms with Gasteiger partial charge in [0.1, 0.15) is 0 Å². The summed E-state index contributed by atoms with van der Waals surface area (Å²) in [5, 5.41) is 3.38. The summed E-state index contributed by atoms with van der Waals surface area (Å²) < 4.78 is 0. The van der Waals surface area contributed by atoms with E-state index >= 15 is 0 Å². The maximum atomic E-state index is 11.6. The van der Waals surface area contributed by atoms with E-state index in [-0.39, 0.29) is 5.91 Å². The Balaban J connectivity index is 1.74. The monoisotopic (exact) mass is 278 g/mol. The van der Waals surface area contributed by atoms with Crippen molar-refractivity contribution >= 4 is 17.7 Å². The third-order valence-electron chi connectivity index (χ3n) is 3.48. The highest BCUT2D eigenvalue weighted by Crippen LogP contribution is 2.26. The Labute approximate surface area is 119 Å². The number of carbonyl (C=O) groups is 1. The number of hydrogen-bond donors (Lipinski definition) is 2. The summed E-state index contributed by atoms with van der Waals surface area (Å²) in [4.78, 5) is 12.9. The van der Waals surface area contributed by atoms with Gasteiger partial charge in [0.15, 0.2) is 0 Å². The van der Waals surface area contributed by atoms with E-state index in [2.05, 4.69) is 17.4 Å². The van der Waals surface area contributed by atoms with Crippen LogP contribution in [0.15, 0.2) is 35.2 Å². The first-order chi connectivity index (χ1) is 9.10. The number of benzene rings is 1. The van der Waals surface area contributed by atoms with Crippen molar-refractivity contribution in [2.75, 3.05) is 5.75 Å². The van der Waals surface area contributed by atoms with E-state index in [0.717, 1.165) is 18.6 Å². The summed E-state index contributed by atoms with van der Waals surface area (Å²) in [6, 6.07) is 10.8. The van der Waals surface area contributed by atoms with Gasteiger partial charge in [-0.25, -0.2) is 0 Å². The largest absolute Gasteiger partial charge is 0.368 e. The van der Waals surface area contributed by atoms with Crippen LogP contribution in [0.5, 0.6) is 0 Å². The number of rotatable bonds is 8. The van der Waals surface area contributed by atoms with Gasteiger partial charge in [-0.2, -0.15) is 0 Å². The quantitative estimate of drug-likeness (QED) is 0.567. The van der Waals surface area contributed by atoms with Gasteiger partial charge in [0, 0.05) is 10.9 Å². The lowest BCUT2D eigenvalue weighted by molar-refractivity contribution is -0.124. The topological polar surface area (TPSA) is 55.1 Å². The molecular weight excluding hydrogens is 256 g/mol. The molecule has 1 atom stereocenters. The van der Waals surface area contributed by atoms with Gasteiger partial charge in [-0.05, 0) is 50.5 Å². The molecule has 3 nitrogen and oxygen atoms in total. The van der Waals surface area contributed by atoms with Crippen molar-refractivity contribution in [3.8, 4) is 0 Å². The number of primary amides is 1. The molecule has 1 fully saturated rings. The third-order valence-corrected chi connectivity index (χ3v) is 4.58. The second-order valence-corrected chi connectivity index (χ2v) is 6.55. The van der Waals surface area contributed by atoms with Crippen LogP contribution in [0.25, 0.3) is 0 Å². The molecule has 1 aromatic rings. The first-order valence-electron chi connectivity index (χ1n) is 6.86. The molecule has 1 aromatic carbocycles. The van der Waals surface area contributed by atoms with Gasteiger partial charge in [-0.1, -0.05) is 18.2 Å². The number of nitrogens with two attached hydrogens (primary N) is 1. The molecule has 1 saturated carbocycles. The summed E-state index contributed by atoms with van der Waals surface area (Å²) >= 11 is 1.83. The van der Waals surface area contributed by atoms with Gasteiger partial charge in [0.25, 0.3) is 0 Å². The van der Waals surface area contributed by atoms with Crippen LogP contribution in [0.3, 0.4) is 0 Å². The van der Waals surface area contributed by atoms with Gasteiger partial charge in [0.2, 0.25) is 5.91 Å². The van der Waals surface area contributed by atoms with Crippen molar-refractivity contribution in [3.63, 3.8) is 0 Å². The Hall–Kier alpha value is -1.00. The predicted octanol–water partition coefficient (Wildman–Crippen LogP) is 2.55. The molecule has 1 amide bonds. The molecule has 0 spiro atoms. The highest BCUT2D eigenvalue weighted by atomic mass is 32.2. The van der Waals surface area contributed by atoms with Crippen molar-refractivity contribution in [3.05, 3.63) is 30.3 Å². The predicted molar refractivity (Wildman–Crippen MR) is 80.2 cm³/mol. The second-order valence-electron chi connectivity index (χ2n) is 5.38. The highest BCUT2D eigenvalue weighted by Gasteiger charge is 2.36. The molecular formula is C15H22N2OS. The highest BCUT2D eigenvalue weighted by molar-refractivity contribution is 7.99. The normalized spacial score (nSPS) is 17.9. The number of thioether (sulfide) groups is 1. The van der Waals surface area contributed by atoms with Crippen LogP contribution in [-0.4, -0.2) is 23.2 Å². The van der Waals surface area contributed by atoms with Crippen LogP contribution in [0.1, 0.15) is 32.6 Å². The molecule has 1 aliphatic carbocycles. The van der Waals surface area contributed by atoms with Crippen LogP contribution in [0.4, 0.5) is 0 Å². The lowest BCUT2D eigenvalue weighted by atomic mass is 9.95. The Morgan fingerprint density at radius 3 is 2.68 bits per heavy atom. The Kier molecular flexibility index (Phi) is 4.88. The van der Waals surface area contributed by atoms with E-state index in [4.69, 9.17) is 5.73 Å². The Morgan fingerprint density at radius 1 is 1.42 bits per heavy atom. The van der Waals surface area contributed by atoms with Crippen molar-refractivity contribution in [2.45, 2.75) is 49.1 Å². The SMILES string of the molecule is CC(CCCSc1ccccc1)(NC1CC1)C(N)=O. The maximum Gasteiger partial charge on any atom is 0.237 e. The molecule has 3 N–H and O–H groups in total. The van der Waals surface area contributed by atoms with E-state index in [9.17, 15) is 4.79 Å². The van der Waals surface area contributed by atoms with Gasteiger partial charge in [-0.15, -0.1) is 11.8 Å². The van der Waals surface area contributed by atoms with Crippen LogP contribution in [0, 0.1) is 0 Å². The minimum Gasteiger partial charge on any atom is -0.368 e. The van der Waals surface area contributed by atoms with Crippen molar-refractivity contribution in [1.82, 2.24) is 5.32 Å². The number of carbonyl (C=O) groups excluding carboxylic acids is 1. The lowest BCUT2D eigenvalue weighted by Gasteiger charge is -2.27. The molecule has 0 aromatic heterocycles. The molecule has 0 heterocycles. The van der Waals surface area contributed by atoms with E-state index in [1.54, 1.807) is 0 Å². The molecule has 1 unspecified atom stereocenters. The number of hydrogen-bond acceptors (Lipinski definition) is 3. The fraction of sp³-hybridized carbons (Fsp3) is 0.533. The number of nitrogens with one attached hydrogen (secondary N) is 1. The van der Waals surface area contributed by atoms with E-state index in [1.165, 1.54) is 17.7 Å². The first kappa shape index (κ1) is 14.4. The van der Waals surface area contributed by atoms with Gasteiger partial charge in [0.05, 0.1) is 5.54 Å². The third kappa shape index (κ3) is 4.55. The molecule has 0 aliphatic heterocycles. The molecule has 1 aliphatic rings. The molecule has 0 bridgehead atoms. The van der Waals surface area contributed by atoms with Crippen LogP contribution in [0.2, 0.25) is 0 Å². The average Bonchev–Trinajstić information content (AvgIpc) is 3.19. The Morgan fingerprint density at radius 2 is 2.11 bits per heavy atom. The summed E-state index contributed by atoms with van der Waals surface area (Å²) in [7, 11) is 0. The zero-order valence-electron chi connectivity index (χ0n) is 11.4. The fourth-order valence-corrected chi connectivity index (χ4v) is 2.95. The summed E-state index contributed by atoms with van der Waals surface area (Å²) in [6.07, 6.45) is 4.13. The molecule has 0 radical (unpaired) electrons. The standard InChI is InChI=1S/C15H22N2OS/c1-15(14(16)18,17-12-8-9-12)10-5-11-19-13-6-3-2-4-7-13/h2-4,6-7,12,17H,5,8-11H2,1H3,(H2,16,18). The van der Waals surface area contributed by atoms with Crippen LogP contribution >= 0.6 is 11.8 Å². The summed E-state index contributed by atoms with van der Waals surface area (Å²) in [5.41, 5.74) is 4.99. The summed E-state index contributed by atoms with van der Waals surface area (Å²) in [6.45, 7) is 1.93. The van der Waals surface area contributed by atoms with E-state index in [0.29, 0.717) is 6.04 Å². The second kappa shape index (κ2) is 6.44. The average molecular weight is 278 g/mol. The maximum absolute atomic E-state index is 11.6. The van der Waals surface area contributed by atoms with Crippen molar-refractivity contribution < 1.29 is 4.79 Å². The van der Waals surface area contributed by atoms with Gasteiger partial charge < -0.3 is 11.1 Å². The number of amides is 1. The lowest BCUT2D eigenvalue weighted by Crippen LogP contribution is -2.54. The van der Waals surface area contributed by atoms with Crippen LogP contribution < -0.4 is 11.1 Å².